The van der Waals surface area contributed by atoms with Crippen LogP contribution >= 0.6 is 11.9 Å². The number of non-ortho nitro benzene ring substituents is 1. The second-order valence-corrected chi connectivity index (χ2v) is 8.04. The lowest BCUT2D eigenvalue weighted by Gasteiger charge is -2.32. The highest BCUT2D eigenvalue weighted by Gasteiger charge is 2.18. The second kappa shape index (κ2) is 10.4. The Hall–Kier alpha value is -1.89. The summed E-state index contributed by atoms with van der Waals surface area (Å²) >= 11 is 1.54. The van der Waals surface area contributed by atoms with Crippen LogP contribution in [0.5, 0.6) is 0 Å². The highest BCUT2D eigenvalue weighted by atomic mass is 32.2. The Morgan fingerprint density at radius 3 is 2.44 bits per heavy atom. The fraction of sp³-hybridized carbons (Fsp3) is 0.429. The maximum atomic E-state index is 10.7. The number of piperidine rings is 1. The van der Waals surface area contributed by atoms with E-state index in [1.165, 1.54) is 49.9 Å². The number of nitro benzene ring substituents is 1. The van der Waals surface area contributed by atoms with Crippen LogP contribution in [0.4, 0.5) is 5.69 Å². The van der Waals surface area contributed by atoms with Gasteiger partial charge < -0.3 is 4.90 Å². The number of rotatable bonds is 9. The lowest BCUT2D eigenvalue weighted by molar-refractivity contribution is -0.384. The SMILES string of the molecule is O=[N+]([O-])c1ccc(SNCCCN2CCC(Cc3ccccc3)CC2)cc1. The standard InChI is InChI=1S/C21H27N3O2S/c25-24(26)20-7-9-21(10-8-20)27-22-13-4-14-23-15-11-19(12-16-23)17-18-5-2-1-3-6-18/h1-3,5-10,19,22H,4,11-17H2. The van der Waals surface area contributed by atoms with Crippen LogP contribution in [0, 0.1) is 16.0 Å². The summed E-state index contributed by atoms with van der Waals surface area (Å²) < 4.78 is 3.35. The molecule has 3 rings (SSSR count). The van der Waals surface area contributed by atoms with Crippen molar-refractivity contribution in [3.05, 3.63) is 70.3 Å². The van der Waals surface area contributed by atoms with Crippen LogP contribution in [0.2, 0.25) is 0 Å². The summed E-state index contributed by atoms with van der Waals surface area (Å²) in [6.07, 6.45) is 4.91. The van der Waals surface area contributed by atoms with Gasteiger partial charge in [-0.25, -0.2) is 0 Å². The monoisotopic (exact) mass is 385 g/mol. The summed E-state index contributed by atoms with van der Waals surface area (Å²) in [5.41, 5.74) is 1.60. The van der Waals surface area contributed by atoms with E-state index in [1.54, 1.807) is 24.3 Å². The molecule has 1 aliphatic rings. The van der Waals surface area contributed by atoms with Crippen LogP contribution < -0.4 is 4.72 Å². The first kappa shape index (κ1) is 19.9. The van der Waals surface area contributed by atoms with Gasteiger partial charge in [-0.1, -0.05) is 30.3 Å². The highest BCUT2D eigenvalue weighted by molar-refractivity contribution is 7.97. The summed E-state index contributed by atoms with van der Waals surface area (Å²) in [7, 11) is 0. The number of likely N-dealkylation sites (tertiary alicyclic amines) is 1. The van der Waals surface area contributed by atoms with E-state index in [-0.39, 0.29) is 10.6 Å². The van der Waals surface area contributed by atoms with Gasteiger partial charge in [0.25, 0.3) is 5.69 Å². The van der Waals surface area contributed by atoms with Crippen LogP contribution in [0.15, 0.2) is 59.5 Å². The first-order chi connectivity index (χ1) is 13.2. The zero-order valence-corrected chi connectivity index (χ0v) is 16.4. The molecule has 0 amide bonds. The zero-order valence-electron chi connectivity index (χ0n) is 15.5. The first-order valence-electron chi connectivity index (χ1n) is 9.61. The van der Waals surface area contributed by atoms with Crippen LogP contribution in [0.3, 0.4) is 0 Å². The van der Waals surface area contributed by atoms with Crippen molar-refractivity contribution in [2.75, 3.05) is 26.2 Å². The fourth-order valence-corrected chi connectivity index (χ4v) is 4.19. The molecule has 6 heteroatoms. The number of hydrogen-bond acceptors (Lipinski definition) is 5. The Labute approximate surface area is 165 Å². The summed E-state index contributed by atoms with van der Waals surface area (Å²) in [4.78, 5) is 13.9. The summed E-state index contributed by atoms with van der Waals surface area (Å²) in [6, 6.07) is 17.5. The average Bonchev–Trinajstić information content (AvgIpc) is 2.70. The molecular weight excluding hydrogens is 358 g/mol. The predicted octanol–water partition coefficient (Wildman–Crippen LogP) is 4.54. The van der Waals surface area contributed by atoms with Crippen molar-refractivity contribution in [3.8, 4) is 0 Å². The molecule has 0 radical (unpaired) electrons. The third-order valence-corrected chi connectivity index (χ3v) is 5.92. The minimum Gasteiger partial charge on any atom is -0.303 e. The average molecular weight is 386 g/mol. The van der Waals surface area contributed by atoms with Gasteiger partial charge in [-0.15, -0.1) is 0 Å². The minimum absolute atomic E-state index is 0.134. The summed E-state index contributed by atoms with van der Waals surface area (Å²) in [5, 5.41) is 10.7. The van der Waals surface area contributed by atoms with Gasteiger partial charge in [-0.05, 0) is 80.9 Å². The molecule has 144 valence electrons. The second-order valence-electron chi connectivity index (χ2n) is 7.08. The van der Waals surface area contributed by atoms with Crippen molar-refractivity contribution in [2.24, 2.45) is 5.92 Å². The van der Waals surface area contributed by atoms with E-state index in [9.17, 15) is 10.1 Å². The quantitative estimate of drug-likeness (QED) is 0.297. The van der Waals surface area contributed by atoms with Crippen molar-refractivity contribution in [1.29, 1.82) is 0 Å². The van der Waals surface area contributed by atoms with Crippen molar-refractivity contribution < 1.29 is 4.92 Å². The third kappa shape index (κ3) is 6.65. The van der Waals surface area contributed by atoms with E-state index in [0.717, 1.165) is 30.3 Å². The lowest BCUT2D eigenvalue weighted by Crippen LogP contribution is -2.35. The first-order valence-corrected chi connectivity index (χ1v) is 10.4. The summed E-state index contributed by atoms with van der Waals surface area (Å²) in [5.74, 6) is 0.819. The Kier molecular flexibility index (Phi) is 7.68. The van der Waals surface area contributed by atoms with Crippen LogP contribution in [0.25, 0.3) is 0 Å². The van der Waals surface area contributed by atoms with Crippen molar-refractivity contribution in [1.82, 2.24) is 9.62 Å². The number of benzene rings is 2. The van der Waals surface area contributed by atoms with E-state index < -0.39 is 0 Å². The summed E-state index contributed by atoms with van der Waals surface area (Å²) in [6.45, 7) is 4.47. The topological polar surface area (TPSA) is 58.4 Å². The Morgan fingerprint density at radius 2 is 1.78 bits per heavy atom. The molecule has 0 atom stereocenters. The molecule has 0 aliphatic carbocycles. The normalized spacial score (nSPS) is 15.7. The predicted molar refractivity (Wildman–Crippen MR) is 111 cm³/mol. The number of nitrogens with one attached hydrogen (secondary N) is 1. The van der Waals surface area contributed by atoms with Crippen LogP contribution in [-0.2, 0) is 6.42 Å². The van der Waals surface area contributed by atoms with Crippen molar-refractivity contribution >= 4 is 17.6 Å². The molecule has 2 aromatic carbocycles. The lowest BCUT2D eigenvalue weighted by atomic mass is 9.90. The van der Waals surface area contributed by atoms with Crippen LogP contribution in [0.1, 0.15) is 24.8 Å². The molecule has 1 N–H and O–H groups in total. The molecule has 1 fully saturated rings. The van der Waals surface area contributed by atoms with E-state index in [0.29, 0.717) is 0 Å². The maximum absolute atomic E-state index is 10.7. The van der Waals surface area contributed by atoms with E-state index in [4.69, 9.17) is 0 Å². The highest BCUT2D eigenvalue weighted by Crippen LogP contribution is 2.22. The van der Waals surface area contributed by atoms with E-state index in [2.05, 4.69) is 40.0 Å². The molecule has 0 bridgehead atoms. The van der Waals surface area contributed by atoms with Gasteiger partial charge in [0.2, 0.25) is 0 Å². The molecule has 1 heterocycles. The molecule has 0 spiro atoms. The van der Waals surface area contributed by atoms with Gasteiger partial charge in [0.15, 0.2) is 0 Å². The van der Waals surface area contributed by atoms with Crippen molar-refractivity contribution in [2.45, 2.75) is 30.6 Å². The van der Waals surface area contributed by atoms with E-state index >= 15 is 0 Å². The largest absolute Gasteiger partial charge is 0.303 e. The number of nitro groups is 1. The van der Waals surface area contributed by atoms with Gasteiger partial charge in [0, 0.05) is 23.6 Å². The molecule has 5 nitrogen and oxygen atoms in total. The Bertz CT molecular complexity index is 701. The van der Waals surface area contributed by atoms with Gasteiger partial charge >= 0.3 is 0 Å². The molecule has 0 saturated carbocycles. The van der Waals surface area contributed by atoms with Crippen molar-refractivity contribution in [3.63, 3.8) is 0 Å². The molecular formula is C21H27N3O2S. The molecule has 0 aromatic heterocycles. The van der Waals surface area contributed by atoms with Gasteiger partial charge in [0.05, 0.1) is 4.92 Å². The third-order valence-electron chi connectivity index (χ3n) is 5.07. The molecule has 1 aliphatic heterocycles. The Morgan fingerprint density at radius 1 is 1.07 bits per heavy atom. The molecule has 27 heavy (non-hydrogen) atoms. The van der Waals surface area contributed by atoms with E-state index in [1.807, 2.05) is 0 Å². The minimum atomic E-state index is -0.370. The molecule has 1 saturated heterocycles. The Balaban J connectivity index is 1.26. The fourth-order valence-electron chi connectivity index (χ4n) is 3.51. The van der Waals surface area contributed by atoms with Gasteiger partial charge in [0.1, 0.15) is 0 Å². The maximum Gasteiger partial charge on any atom is 0.269 e. The molecule has 0 unspecified atom stereocenters. The number of hydrogen-bond donors (Lipinski definition) is 1. The van der Waals surface area contributed by atoms with Gasteiger partial charge in [-0.2, -0.15) is 0 Å². The van der Waals surface area contributed by atoms with Gasteiger partial charge in [-0.3, -0.25) is 14.8 Å². The molecule has 2 aromatic rings. The zero-order chi connectivity index (χ0) is 18.9. The number of nitrogens with zero attached hydrogens (tertiary/aromatic N) is 2. The van der Waals surface area contributed by atoms with Crippen LogP contribution in [-0.4, -0.2) is 36.0 Å². The smallest absolute Gasteiger partial charge is 0.269 e.